The van der Waals surface area contributed by atoms with E-state index in [1.54, 1.807) is 0 Å². The van der Waals surface area contributed by atoms with Gasteiger partial charge in [-0.25, -0.2) is 0 Å². The second kappa shape index (κ2) is 2.78. The molecule has 3 rings (SSSR count). The molecule has 0 saturated heterocycles. The van der Waals surface area contributed by atoms with Crippen molar-refractivity contribution in [2.45, 2.75) is 12.8 Å². The van der Waals surface area contributed by atoms with E-state index in [0.29, 0.717) is 4.77 Å². The highest BCUT2D eigenvalue weighted by atomic mass is 32.1. The Labute approximate surface area is 86.4 Å². The normalized spacial score (nSPS) is 13.4. The molecule has 4 heteroatoms. The standard InChI is InChI=1S/C10H9N3S/c14-10-12-11-9-6-5-7-3-1-2-4-8(7)13(9)10/h1-4H,5-6H2,(H,12,14). The van der Waals surface area contributed by atoms with E-state index in [-0.39, 0.29) is 0 Å². The largest absolute Gasteiger partial charge is 0.272 e. The van der Waals surface area contributed by atoms with Crippen LogP contribution in [0.3, 0.4) is 0 Å². The number of hydrogen-bond donors (Lipinski definition) is 1. The van der Waals surface area contributed by atoms with Gasteiger partial charge in [0.05, 0.1) is 5.69 Å². The Bertz CT molecular complexity index is 538. The Morgan fingerprint density at radius 1 is 1.29 bits per heavy atom. The van der Waals surface area contributed by atoms with Gasteiger partial charge >= 0.3 is 0 Å². The smallest absolute Gasteiger partial charge is 0.199 e. The minimum atomic E-state index is 0.687. The van der Waals surface area contributed by atoms with Gasteiger partial charge in [0.15, 0.2) is 4.77 Å². The minimum Gasteiger partial charge on any atom is -0.272 e. The second-order valence-corrected chi connectivity index (χ2v) is 3.80. The van der Waals surface area contributed by atoms with Crippen molar-refractivity contribution >= 4 is 12.2 Å². The molecule has 0 bridgehead atoms. The summed E-state index contributed by atoms with van der Waals surface area (Å²) in [6.45, 7) is 0. The summed E-state index contributed by atoms with van der Waals surface area (Å²) in [6.07, 6.45) is 2.01. The minimum absolute atomic E-state index is 0.687. The lowest BCUT2D eigenvalue weighted by Gasteiger charge is -2.16. The van der Waals surface area contributed by atoms with Gasteiger partial charge in [0.2, 0.25) is 0 Å². The average molecular weight is 203 g/mol. The number of hydrogen-bond acceptors (Lipinski definition) is 2. The zero-order valence-corrected chi connectivity index (χ0v) is 8.34. The first-order valence-electron chi connectivity index (χ1n) is 4.61. The van der Waals surface area contributed by atoms with E-state index < -0.39 is 0 Å². The molecule has 0 atom stereocenters. The fourth-order valence-electron chi connectivity index (χ4n) is 1.93. The highest BCUT2D eigenvalue weighted by molar-refractivity contribution is 7.71. The van der Waals surface area contributed by atoms with Crippen LogP contribution in [0.4, 0.5) is 0 Å². The summed E-state index contributed by atoms with van der Waals surface area (Å²) >= 11 is 5.19. The van der Waals surface area contributed by atoms with E-state index in [1.165, 1.54) is 11.3 Å². The van der Waals surface area contributed by atoms with Crippen LogP contribution in [-0.4, -0.2) is 14.8 Å². The lowest BCUT2D eigenvalue weighted by molar-refractivity contribution is 0.772. The third-order valence-electron chi connectivity index (χ3n) is 2.59. The van der Waals surface area contributed by atoms with Crippen molar-refractivity contribution in [3.05, 3.63) is 40.4 Å². The molecular formula is C10H9N3S. The Morgan fingerprint density at radius 2 is 2.14 bits per heavy atom. The molecule has 1 aromatic heterocycles. The van der Waals surface area contributed by atoms with E-state index >= 15 is 0 Å². The third-order valence-corrected chi connectivity index (χ3v) is 2.87. The lowest BCUT2D eigenvalue weighted by Crippen LogP contribution is -2.11. The van der Waals surface area contributed by atoms with Crippen LogP contribution < -0.4 is 0 Å². The number of rotatable bonds is 0. The molecule has 2 heterocycles. The highest BCUT2D eigenvalue weighted by Crippen LogP contribution is 2.23. The van der Waals surface area contributed by atoms with Crippen LogP contribution in [0.1, 0.15) is 11.4 Å². The van der Waals surface area contributed by atoms with Gasteiger partial charge in [0.1, 0.15) is 5.82 Å². The summed E-state index contributed by atoms with van der Waals surface area (Å²) < 4.78 is 2.71. The molecule has 1 aromatic carbocycles. The molecule has 0 spiro atoms. The number of H-pyrrole nitrogens is 1. The van der Waals surface area contributed by atoms with Crippen molar-refractivity contribution in [2.24, 2.45) is 0 Å². The number of aryl methyl sites for hydroxylation is 2. The average Bonchev–Trinajstić information content (AvgIpc) is 2.61. The van der Waals surface area contributed by atoms with Gasteiger partial charge in [-0.3, -0.25) is 9.67 Å². The Balaban J connectivity index is 2.38. The first kappa shape index (κ1) is 7.94. The number of fused-ring (bicyclic) bond motifs is 3. The Hall–Kier alpha value is -1.42. The van der Waals surface area contributed by atoms with Crippen molar-refractivity contribution in [2.75, 3.05) is 0 Å². The van der Waals surface area contributed by atoms with Crippen molar-refractivity contribution in [3.8, 4) is 5.69 Å². The molecular weight excluding hydrogens is 194 g/mol. The summed E-state index contributed by atoms with van der Waals surface area (Å²) in [5.41, 5.74) is 2.52. The van der Waals surface area contributed by atoms with Crippen LogP contribution >= 0.6 is 12.2 Å². The predicted octanol–water partition coefficient (Wildman–Crippen LogP) is 2.03. The van der Waals surface area contributed by atoms with Crippen LogP contribution in [0.25, 0.3) is 5.69 Å². The second-order valence-electron chi connectivity index (χ2n) is 3.41. The summed E-state index contributed by atoms with van der Waals surface area (Å²) in [4.78, 5) is 0. The quantitative estimate of drug-likeness (QED) is 0.665. The highest BCUT2D eigenvalue weighted by Gasteiger charge is 2.16. The predicted molar refractivity (Wildman–Crippen MR) is 56.2 cm³/mol. The number of benzene rings is 1. The summed E-state index contributed by atoms with van der Waals surface area (Å²) in [7, 11) is 0. The van der Waals surface area contributed by atoms with Gasteiger partial charge < -0.3 is 0 Å². The zero-order valence-electron chi connectivity index (χ0n) is 7.53. The van der Waals surface area contributed by atoms with Crippen molar-refractivity contribution in [3.63, 3.8) is 0 Å². The van der Waals surface area contributed by atoms with E-state index in [1.807, 2.05) is 10.6 Å². The number of nitrogens with one attached hydrogen (secondary N) is 1. The fraction of sp³-hybridized carbons (Fsp3) is 0.200. The van der Waals surface area contributed by atoms with Gasteiger partial charge in [0, 0.05) is 6.42 Å². The molecule has 3 nitrogen and oxygen atoms in total. The maximum atomic E-state index is 5.19. The first-order chi connectivity index (χ1) is 6.86. The van der Waals surface area contributed by atoms with Crippen LogP contribution in [0.2, 0.25) is 0 Å². The lowest BCUT2D eigenvalue weighted by atomic mass is 10.0. The van der Waals surface area contributed by atoms with Gasteiger partial charge in [0.25, 0.3) is 0 Å². The molecule has 1 aliphatic rings. The summed E-state index contributed by atoms with van der Waals surface area (Å²) in [5.74, 6) is 1.04. The molecule has 0 amide bonds. The van der Waals surface area contributed by atoms with Gasteiger partial charge in [-0.2, -0.15) is 5.10 Å². The number of aromatic nitrogens is 3. The maximum absolute atomic E-state index is 5.19. The van der Waals surface area contributed by atoms with Crippen molar-refractivity contribution in [1.82, 2.24) is 14.8 Å². The summed E-state index contributed by atoms with van der Waals surface area (Å²) in [6, 6.07) is 8.33. The van der Waals surface area contributed by atoms with Crippen LogP contribution in [0.5, 0.6) is 0 Å². The molecule has 14 heavy (non-hydrogen) atoms. The fourth-order valence-corrected chi connectivity index (χ4v) is 2.18. The SMILES string of the molecule is S=c1[nH]nc2n1-c1ccccc1CC2. The number of para-hydroxylation sites is 1. The van der Waals surface area contributed by atoms with Crippen molar-refractivity contribution < 1.29 is 0 Å². The van der Waals surface area contributed by atoms with E-state index in [2.05, 4.69) is 28.4 Å². The topological polar surface area (TPSA) is 33.6 Å². The molecule has 1 aliphatic heterocycles. The van der Waals surface area contributed by atoms with Gasteiger partial charge in [-0.15, -0.1) is 0 Å². The van der Waals surface area contributed by atoms with E-state index in [0.717, 1.165) is 18.7 Å². The molecule has 1 N–H and O–H groups in total. The molecule has 0 fully saturated rings. The third kappa shape index (κ3) is 0.974. The molecule has 0 radical (unpaired) electrons. The molecule has 0 aliphatic carbocycles. The number of nitrogens with zero attached hydrogens (tertiary/aromatic N) is 2. The summed E-state index contributed by atoms with van der Waals surface area (Å²) in [5, 5.41) is 7.04. The van der Waals surface area contributed by atoms with E-state index in [9.17, 15) is 0 Å². The van der Waals surface area contributed by atoms with Gasteiger partial charge in [-0.05, 0) is 30.3 Å². The Morgan fingerprint density at radius 3 is 3.07 bits per heavy atom. The van der Waals surface area contributed by atoms with Crippen LogP contribution in [-0.2, 0) is 12.8 Å². The monoisotopic (exact) mass is 203 g/mol. The molecule has 0 unspecified atom stereocenters. The van der Waals surface area contributed by atoms with Crippen LogP contribution in [0, 0.1) is 4.77 Å². The molecule has 0 saturated carbocycles. The van der Waals surface area contributed by atoms with Crippen molar-refractivity contribution in [1.29, 1.82) is 0 Å². The molecule has 2 aromatic rings. The maximum Gasteiger partial charge on any atom is 0.199 e. The van der Waals surface area contributed by atoms with E-state index in [4.69, 9.17) is 12.2 Å². The zero-order chi connectivity index (χ0) is 9.54. The Kier molecular flexibility index (Phi) is 1.58. The first-order valence-corrected chi connectivity index (χ1v) is 5.01. The number of aromatic amines is 1. The van der Waals surface area contributed by atoms with Gasteiger partial charge in [-0.1, -0.05) is 18.2 Å². The van der Waals surface area contributed by atoms with Crippen LogP contribution in [0.15, 0.2) is 24.3 Å². The molecule has 70 valence electrons.